The van der Waals surface area contributed by atoms with Gasteiger partial charge in [0, 0.05) is 12.8 Å². The van der Waals surface area contributed by atoms with Crippen molar-refractivity contribution in [1.82, 2.24) is 14.8 Å². The summed E-state index contributed by atoms with van der Waals surface area (Å²) in [5, 5.41) is 4.88. The van der Waals surface area contributed by atoms with Gasteiger partial charge < -0.3 is 11.5 Å². The number of hydrogen-bond donors (Lipinski definition) is 2. The van der Waals surface area contributed by atoms with E-state index in [1.807, 2.05) is 7.05 Å². The maximum atomic E-state index is 11.0. The lowest BCUT2D eigenvalue weighted by atomic mass is 9.96. The van der Waals surface area contributed by atoms with Crippen molar-refractivity contribution < 1.29 is 4.79 Å². The quantitative estimate of drug-likeness (QED) is 0.540. The number of aromatic nitrogens is 3. The van der Waals surface area contributed by atoms with Crippen molar-refractivity contribution in [1.29, 1.82) is 0 Å². The Hall–Kier alpha value is -1.08. The molecule has 1 atom stereocenters. The molecule has 6 nitrogen and oxygen atoms in total. The van der Waals surface area contributed by atoms with Gasteiger partial charge in [0.1, 0.15) is 6.33 Å². The fraction of sp³-hybridized carbons (Fsp3) is 0.700. The maximum absolute atomic E-state index is 11.0. The van der Waals surface area contributed by atoms with E-state index in [0.717, 1.165) is 23.8 Å². The van der Waals surface area contributed by atoms with E-state index >= 15 is 0 Å². The molecule has 0 aliphatic heterocycles. The molecule has 0 radical (unpaired) electrons. The minimum absolute atomic E-state index is 0.446. The summed E-state index contributed by atoms with van der Waals surface area (Å²) in [6.45, 7) is 1.67. The number of unbranched alkanes of at least 4 members (excludes halogenated alkanes) is 1. The van der Waals surface area contributed by atoms with Crippen LogP contribution in [0.2, 0.25) is 0 Å². The van der Waals surface area contributed by atoms with Gasteiger partial charge in [-0.1, -0.05) is 18.2 Å². The van der Waals surface area contributed by atoms with Crippen LogP contribution in [0.5, 0.6) is 0 Å². The third-order valence-electron chi connectivity index (χ3n) is 2.55. The molecule has 1 aromatic rings. The second-order valence-corrected chi connectivity index (χ2v) is 5.32. The van der Waals surface area contributed by atoms with Gasteiger partial charge in [-0.15, -0.1) is 0 Å². The van der Waals surface area contributed by atoms with E-state index in [4.69, 9.17) is 11.5 Å². The number of carbonyl (C=O) groups is 1. The van der Waals surface area contributed by atoms with Gasteiger partial charge in [0.05, 0.1) is 5.54 Å². The van der Waals surface area contributed by atoms with Gasteiger partial charge in [-0.2, -0.15) is 5.10 Å². The van der Waals surface area contributed by atoms with Crippen LogP contribution in [0.3, 0.4) is 0 Å². The molecule has 1 unspecified atom stereocenters. The molecule has 0 fully saturated rings. The summed E-state index contributed by atoms with van der Waals surface area (Å²) in [4.78, 5) is 15.1. The minimum atomic E-state index is -0.893. The topological polar surface area (TPSA) is 99.8 Å². The monoisotopic (exact) mass is 257 g/mol. The number of amides is 1. The van der Waals surface area contributed by atoms with Crippen LogP contribution in [0.15, 0.2) is 11.5 Å². The molecule has 1 aromatic heterocycles. The lowest BCUT2D eigenvalue weighted by Crippen LogP contribution is -2.49. The molecule has 0 aliphatic rings. The zero-order valence-corrected chi connectivity index (χ0v) is 11.0. The van der Waals surface area contributed by atoms with Gasteiger partial charge in [-0.05, 0) is 19.8 Å². The Bertz CT molecular complexity index is 377. The van der Waals surface area contributed by atoms with Crippen molar-refractivity contribution in [3.05, 3.63) is 6.33 Å². The highest BCUT2D eigenvalue weighted by Crippen LogP contribution is 2.17. The highest BCUT2D eigenvalue weighted by atomic mass is 32.2. The van der Waals surface area contributed by atoms with E-state index in [0.29, 0.717) is 6.42 Å². The van der Waals surface area contributed by atoms with Crippen LogP contribution in [0.1, 0.15) is 26.2 Å². The van der Waals surface area contributed by atoms with Gasteiger partial charge in [0.15, 0.2) is 5.16 Å². The molecule has 7 heteroatoms. The molecule has 4 N–H and O–H groups in total. The third kappa shape index (κ3) is 4.35. The lowest BCUT2D eigenvalue weighted by molar-refractivity contribution is -0.122. The van der Waals surface area contributed by atoms with Crippen molar-refractivity contribution >= 4 is 17.7 Å². The number of thioether (sulfide) groups is 1. The van der Waals surface area contributed by atoms with Crippen molar-refractivity contribution in [3.8, 4) is 0 Å². The Morgan fingerprint density at radius 1 is 1.59 bits per heavy atom. The zero-order valence-electron chi connectivity index (χ0n) is 10.2. The van der Waals surface area contributed by atoms with Crippen LogP contribution in [0, 0.1) is 0 Å². The second-order valence-electron chi connectivity index (χ2n) is 4.25. The minimum Gasteiger partial charge on any atom is -0.368 e. The van der Waals surface area contributed by atoms with E-state index < -0.39 is 11.4 Å². The van der Waals surface area contributed by atoms with Gasteiger partial charge >= 0.3 is 0 Å². The van der Waals surface area contributed by atoms with Crippen LogP contribution in [0.4, 0.5) is 0 Å². The summed E-state index contributed by atoms with van der Waals surface area (Å²) in [6, 6.07) is 0. The SMILES string of the molecule is Cn1ncnc1SCCCCC(C)(N)C(N)=O. The first-order chi connectivity index (χ1) is 7.93. The number of nitrogens with two attached hydrogens (primary N) is 2. The zero-order chi connectivity index (χ0) is 12.9. The van der Waals surface area contributed by atoms with Crippen LogP contribution >= 0.6 is 11.8 Å². The van der Waals surface area contributed by atoms with E-state index in [9.17, 15) is 4.79 Å². The van der Waals surface area contributed by atoms with Crippen molar-refractivity contribution in [2.24, 2.45) is 18.5 Å². The smallest absolute Gasteiger partial charge is 0.237 e. The summed E-state index contributed by atoms with van der Waals surface area (Å²) in [5.74, 6) is 0.486. The largest absolute Gasteiger partial charge is 0.368 e. The predicted molar refractivity (Wildman–Crippen MR) is 67.4 cm³/mol. The number of nitrogens with zero attached hydrogens (tertiary/aromatic N) is 3. The molecule has 0 saturated heterocycles. The van der Waals surface area contributed by atoms with Gasteiger partial charge in [-0.3, -0.25) is 4.79 Å². The average Bonchev–Trinajstić information content (AvgIpc) is 2.63. The highest BCUT2D eigenvalue weighted by molar-refractivity contribution is 7.99. The second kappa shape index (κ2) is 6.02. The first kappa shape index (κ1) is 14.0. The molecule has 1 rings (SSSR count). The molecule has 96 valence electrons. The van der Waals surface area contributed by atoms with Crippen molar-refractivity contribution in [3.63, 3.8) is 0 Å². The normalized spacial score (nSPS) is 14.5. The lowest BCUT2D eigenvalue weighted by Gasteiger charge is -2.19. The van der Waals surface area contributed by atoms with E-state index in [1.165, 1.54) is 6.33 Å². The Kier molecular flexibility index (Phi) is 4.95. The molecule has 17 heavy (non-hydrogen) atoms. The highest BCUT2D eigenvalue weighted by Gasteiger charge is 2.24. The molecule has 0 bridgehead atoms. The number of rotatable bonds is 7. The molecule has 1 heterocycles. The molecule has 0 spiro atoms. The third-order valence-corrected chi connectivity index (χ3v) is 3.67. The first-order valence-electron chi connectivity index (χ1n) is 5.49. The van der Waals surface area contributed by atoms with Crippen LogP contribution in [0.25, 0.3) is 0 Å². The average molecular weight is 257 g/mol. The van der Waals surface area contributed by atoms with Crippen molar-refractivity contribution in [2.45, 2.75) is 36.9 Å². The molecular weight excluding hydrogens is 238 g/mol. The number of carbonyl (C=O) groups excluding carboxylic acids is 1. The van der Waals surface area contributed by atoms with Crippen LogP contribution < -0.4 is 11.5 Å². The van der Waals surface area contributed by atoms with Gasteiger partial charge in [0.2, 0.25) is 5.91 Å². The number of hydrogen-bond acceptors (Lipinski definition) is 5. The first-order valence-corrected chi connectivity index (χ1v) is 6.47. The standard InChI is InChI=1S/C10H19N5OS/c1-10(12,8(11)16)5-3-4-6-17-9-13-7-14-15(9)2/h7H,3-6,12H2,1-2H3,(H2,11,16). The van der Waals surface area contributed by atoms with E-state index in [1.54, 1.807) is 23.4 Å². The van der Waals surface area contributed by atoms with E-state index in [-0.39, 0.29) is 0 Å². The summed E-state index contributed by atoms with van der Waals surface area (Å²) in [5.41, 5.74) is 10.1. The molecule has 0 aliphatic carbocycles. The fourth-order valence-electron chi connectivity index (χ4n) is 1.30. The Labute approximate surface area is 105 Å². The van der Waals surface area contributed by atoms with Crippen LogP contribution in [-0.2, 0) is 11.8 Å². The summed E-state index contributed by atoms with van der Waals surface area (Å²) >= 11 is 1.65. The summed E-state index contributed by atoms with van der Waals surface area (Å²) in [6.07, 6.45) is 3.99. The Balaban J connectivity index is 2.17. The molecule has 0 saturated carbocycles. The van der Waals surface area contributed by atoms with Crippen LogP contribution in [-0.4, -0.2) is 32.0 Å². The Morgan fingerprint density at radius 3 is 2.82 bits per heavy atom. The summed E-state index contributed by atoms with van der Waals surface area (Å²) < 4.78 is 1.74. The van der Waals surface area contributed by atoms with Crippen molar-refractivity contribution in [2.75, 3.05) is 5.75 Å². The molecule has 0 aromatic carbocycles. The number of aryl methyl sites for hydroxylation is 1. The summed E-state index contributed by atoms with van der Waals surface area (Å²) in [7, 11) is 1.86. The maximum Gasteiger partial charge on any atom is 0.237 e. The molecule has 1 amide bonds. The van der Waals surface area contributed by atoms with Gasteiger partial charge in [-0.25, -0.2) is 9.67 Å². The predicted octanol–water partition coefficient (Wildman–Crippen LogP) is 0.280. The van der Waals surface area contributed by atoms with E-state index in [2.05, 4.69) is 10.1 Å². The Morgan fingerprint density at radius 2 is 2.29 bits per heavy atom. The number of primary amides is 1. The van der Waals surface area contributed by atoms with Gasteiger partial charge in [0.25, 0.3) is 0 Å². The molecular formula is C10H19N5OS. The fourth-order valence-corrected chi connectivity index (χ4v) is 2.18.